The lowest BCUT2D eigenvalue weighted by molar-refractivity contribution is 0.195. The van der Waals surface area contributed by atoms with E-state index in [0.717, 1.165) is 4.90 Å². The Labute approximate surface area is 101 Å². The van der Waals surface area contributed by atoms with E-state index < -0.39 is 11.6 Å². The number of carbonyl (C=O) groups excluding carboxylic acids is 1. The second kappa shape index (κ2) is 5.25. The van der Waals surface area contributed by atoms with E-state index in [9.17, 15) is 4.79 Å². The molecule has 3 nitrogen and oxygen atoms in total. The summed E-state index contributed by atoms with van der Waals surface area (Å²) in [6.07, 6.45) is 1.43. The number of rotatable bonds is 3. The minimum absolute atomic E-state index is 0.500. The molecule has 1 aromatic carbocycles. The highest BCUT2D eigenvalue weighted by Gasteiger charge is 2.15. The van der Waals surface area contributed by atoms with Crippen LogP contribution in [0.5, 0.6) is 5.75 Å². The fourth-order valence-corrected chi connectivity index (χ4v) is 1.43. The maximum absolute atomic E-state index is 11.4. The number of ether oxygens (including phenoxy) is 1. The van der Waals surface area contributed by atoms with Crippen molar-refractivity contribution in [2.75, 3.05) is 6.26 Å². The van der Waals surface area contributed by atoms with Gasteiger partial charge in [-0.15, -0.1) is 11.8 Å². The molecule has 4 heteroatoms. The van der Waals surface area contributed by atoms with Crippen molar-refractivity contribution < 1.29 is 9.53 Å². The number of benzene rings is 1. The maximum atomic E-state index is 11.4. The van der Waals surface area contributed by atoms with E-state index in [-0.39, 0.29) is 0 Å². The van der Waals surface area contributed by atoms with Crippen molar-refractivity contribution >= 4 is 17.9 Å². The quantitative estimate of drug-likeness (QED) is 0.821. The summed E-state index contributed by atoms with van der Waals surface area (Å²) in [5.74, 6) is 0.500. The molecule has 0 bridgehead atoms. The van der Waals surface area contributed by atoms with Gasteiger partial charge in [-0.25, -0.2) is 4.79 Å². The molecule has 1 amide bonds. The molecule has 2 radical (unpaired) electrons. The summed E-state index contributed by atoms with van der Waals surface area (Å²) in [5.41, 5.74) is -0.781. The van der Waals surface area contributed by atoms with Gasteiger partial charge in [-0.1, -0.05) is 0 Å². The highest BCUT2D eigenvalue weighted by molar-refractivity contribution is 7.98. The van der Waals surface area contributed by atoms with E-state index in [1.165, 1.54) is 0 Å². The minimum atomic E-state index is -0.781. The van der Waals surface area contributed by atoms with Crippen molar-refractivity contribution in [2.45, 2.75) is 17.4 Å². The molecular formula is C12H15NO2S. The van der Waals surface area contributed by atoms with Crippen LogP contribution < -0.4 is 10.1 Å². The molecule has 1 N–H and O–H groups in total. The molecule has 1 rings (SSSR count). The van der Waals surface area contributed by atoms with Crippen molar-refractivity contribution in [1.82, 2.24) is 5.32 Å². The van der Waals surface area contributed by atoms with Crippen molar-refractivity contribution in [3.63, 3.8) is 0 Å². The van der Waals surface area contributed by atoms with Gasteiger partial charge in [-0.2, -0.15) is 0 Å². The number of hydrogen-bond donors (Lipinski definition) is 1. The molecule has 0 spiro atoms. The Bertz CT molecular complexity index is 354. The fourth-order valence-electron chi connectivity index (χ4n) is 1.02. The average Bonchev–Trinajstić information content (AvgIpc) is 2.16. The smallest absolute Gasteiger partial charge is 0.410 e. The first-order chi connectivity index (χ1) is 7.40. The average molecular weight is 237 g/mol. The van der Waals surface area contributed by atoms with Gasteiger partial charge in [-0.3, -0.25) is 0 Å². The number of hydrogen-bond acceptors (Lipinski definition) is 3. The molecule has 0 aliphatic heterocycles. The summed E-state index contributed by atoms with van der Waals surface area (Å²) < 4.78 is 5.05. The normalized spacial score (nSPS) is 11.0. The topological polar surface area (TPSA) is 38.3 Å². The van der Waals surface area contributed by atoms with E-state index in [1.807, 2.05) is 18.4 Å². The highest BCUT2D eigenvalue weighted by atomic mass is 32.2. The van der Waals surface area contributed by atoms with Gasteiger partial charge in [0.15, 0.2) is 0 Å². The standard InChI is InChI=1S/C12H15NO2S/c1-12(2,3)13-11(14)15-9-5-7-10(16-4)8-6-9/h5-8H,1-2H2,3-4H3,(H,13,14). The zero-order valence-corrected chi connectivity index (χ0v) is 10.3. The van der Waals surface area contributed by atoms with E-state index in [2.05, 4.69) is 19.2 Å². The number of thioether (sulfide) groups is 1. The monoisotopic (exact) mass is 237 g/mol. The van der Waals surface area contributed by atoms with Gasteiger partial charge in [0.05, 0.1) is 0 Å². The van der Waals surface area contributed by atoms with Gasteiger partial charge in [0.2, 0.25) is 0 Å². The lowest BCUT2D eigenvalue weighted by atomic mass is 10.1. The van der Waals surface area contributed by atoms with Crippen LogP contribution in [0.4, 0.5) is 4.79 Å². The molecule has 0 aliphatic rings. The van der Waals surface area contributed by atoms with Crippen molar-refractivity contribution in [3.8, 4) is 5.75 Å². The zero-order chi connectivity index (χ0) is 12.2. The Morgan fingerprint density at radius 2 is 1.94 bits per heavy atom. The molecule has 0 atom stereocenters. The summed E-state index contributed by atoms with van der Waals surface area (Å²) >= 11 is 1.63. The summed E-state index contributed by atoms with van der Waals surface area (Å²) in [4.78, 5) is 12.5. The van der Waals surface area contributed by atoms with Crippen LogP contribution >= 0.6 is 11.8 Å². The molecule has 0 heterocycles. The van der Waals surface area contributed by atoms with Crippen LogP contribution in [0.25, 0.3) is 0 Å². The second-order valence-corrected chi connectivity index (χ2v) is 4.63. The lowest BCUT2D eigenvalue weighted by Gasteiger charge is -2.19. The number of amides is 1. The molecule has 1 aromatic rings. The first kappa shape index (κ1) is 12.9. The molecule has 0 fully saturated rings. The summed E-state index contributed by atoms with van der Waals surface area (Å²) in [7, 11) is 0. The van der Waals surface area contributed by atoms with Gasteiger partial charge in [0, 0.05) is 10.4 Å². The van der Waals surface area contributed by atoms with Gasteiger partial charge in [0.25, 0.3) is 0 Å². The minimum Gasteiger partial charge on any atom is -0.410 e. The third-order valence-corrected chi connectivity index (χ3v) is 2.42. The summed E-state index contributed by atoms with van der Waals surface area (Å²) in [6, 6.07) is 7.27. The first-order valence-electron chi connectivity index (χ1n) is 4.75. The summed E-state index contributed by atoms with van der Waals surface area (Å²) in [5, 5.41) is 2.51. The molecule has 0 saturated heterocycles. The van der Waals surface area contributed by atoms with E-state index in [1.54, 1.807) is 30.8 Å². The predicted molar refractivity (Wildman–Crippen MR) is 66.5 cm³/mol. The molecule has 0 aromatic heterocycles. The Balaban J connectivity index is 2.56. The second-order valence-electron chi connectivity index (χ2n) is 3.75. The van der Waals surface area contributed by atoms with Gasteiger partial charge >= 0.3 is 6.09 Å². The lowest BCUT2D eigenvalue weighted by Crippen LogP contribution is -2.42. The Kier molecular flexibility index (Phi) is 4.24. The molecule has 0 saturated carbocycles. The molecule has 16 heavy (non-hydrogen) atoms. The SMILES string of the molecule is [CH2]C([CH2])(C)NC(=O)Oc1ccc(SC)cc1. The van der Waals surface area contributed by atoms with Crippen LogP contribution in [0.15, 0.2) is 29.2 Å². The van der Waals surface area contributed by atoms with E-state index >= 15 is 0 Å². The van der Waals surface area contributed by atoms with E-state index in [0.29, 0.717) is 5.75 Å². The van der Waals surface area contributed by atoms with Gasteiger partial charge in [0.1, 0.15) is 5.75 Å². The Morgan fingerprint density at radius 1 is 1.38 bits per heavy atom. The predicted octanol–water partition coefficient (Wildman–Crippen LogP) is 2.92. The van der Waals surface area contributed by atoms with Crippen LogP contribution in [0, 0.1) is 13.8 Å². The fraction of sp³-hybridized carbons (Fsp3) is 0.250. The Morgan fingerprint density at radius 3 is 2.38 bits per heavy atom. The number of carbonyl (C=O) groups is 1. The Hall–Kier alpha value is -1.16. The first-order valence-corrected chi connectivity index (χ1v) is 5.98. The zero-order valence-electron chi connectivity index (χ0n) is 9.45. The number of nitrogens with one attached hydrogen (secondary N) is 1. The van der Waals surface area contributed by atoms with Crippen molar-refractivity contribution in [3.05, 3.63) is 38.1 Å². The molecular weight excluding hydrogens is 222 g/mol. The summed E-state index contributed by atoms with van der Waals surface area (Å²) in [6.45, 7) is 8.99. The van der Waals surface area contributed by atoms with Crippen molar-refractivity contribution in [1.29, 1.82) is 0 Å². The van der Waals surface area contributed by atoms with Crippen LogP contribution in [0.3, 0.4) is 0 Å². The van der Waals surface area contributed by atoms with Gasteiger partial charge < -0.3 is 10.1 Å². The van der Waals surface area contributed by atoms with E-state index in [4.69, 9.17) is 4.74 Å². The third kappa shape index (κ3) is 4.57. The molecule has 0 aliphatic carbocycles. The maximum Gasteiger partial charge on any atom is 0.413 e. The van der Waals surface area contributed by atoms with Crippen LogP contribution in [0.2, 0.25) is 0 Å². The highest BCUT2D eigenvalue weighted by Crippen LogP contribution is 2.19. The molecule has 86 valence electrons. The molecule has 0 unspecified atom stereocenters. The van der Waals surface area contributed by atoms with Crippen LogP contribution in [0.1, 0.15) is 6.92 Å². The van der Waals surface area contributed by atoms with Crippen LogP contribution in [-0.2, 0) is 0 Å². The van der Waals surface area contributed by atoms with Gasteiger partial charge in [-0.05, 0) is 51.3 Å². The third-order valence-electron chi connectivity index (χ3n) is 1.67. The van der Waals surface area contributed by atoms with Crippen LogP contribution in [-0.4, -0.2) is 17.9 Å². The van der Waals surface area contributed by atoms with Crippen molar-refractivity contribution in [2.24, 2.45) is 0 Å². The largest absolute Gasteiger partial charge is 0.413 e.